The van der Waals surface area contributed by atoms with E-state index in [2.05, 4.69) is 0 Å². The molecule has 0 aromatic rings. The SMILES string of the molecule is CN(C)S(=O)(=O)N(C)/C=C\N. The molecule has 0 bridgehead atoms. The zero-order chi connectivity index (χ0) is 9.07. The molecule has 0 spiro atoms. The van der Waals surface area contributed by atoms with Crippen molar-refractivity contribution in [3.63, 3.8) is 0 Å². The van der Waals surface area contributed by atoms with Crippen molar-refractivity contribution in [2.45, 2.75) is 0 Å². The zero-order valence-electron chi connectivity index (χ0n) is 6.85. The smallest absolute Gasteiger partial charge is 0.302 e. The maximum atomic E-state index is 11.2. The first kappa shape index (κ1) is 10.2. The Balaban J connectivity index is 4.58. The summed E-state index contributed by atoms with van der Waals surface area (Å²) in [5, 5.41) is 0. The molecule has 66 valence electrons. The maximum Gasteiger partial charge on any atom is 0.302 e. The highest BCUT2D eigenvalue weighted by molar-refractivity contribution is 7.86. The van der Waals surface area contributed by atoms with Crippen molar-refractivity contribution in [3.8, 4) is 0 Å². The highest BCUT2D eigenvalue weighted by Gasteiger charge is 2.16. The fourth-order valence-electron chi connectivity index (χ4n) is 0.456. The van der Waals surface area contributed by atoms with E-state index in [1.54, 1.807) is 0 Å². The monoisotopic (exact) mass is 179 g/mol. The molecule has 11 heavy (non-hydrogen) atoms. The molecule has 0 aromatic carbocycles. The Hall–Kier alpha value is -0.750. The van der Waals surface area contributed by atoms with Crippen molar-refractivity contribution >= 4 is 10.2 Å². The first-order valence-corrected chi connectivity index (χ1v) is 4.36. The molecule has 0 aliphatic carbocycles. The van der Waals surface area contributed by atoms with Gasteiger partial charge in [0.15, 0.2) is 0 Å². The van der Waals surface area contributed by atoms with Gasteiger partial charge in [0.05, 0.1) is 0 Å². The lowest BCUT2D eigenvalue weighted by Crippen LogP contribution is -2.34. The van der Waals surface area contributed by atoms with Crippen LogP contribution in [0.2, 0.25) is 0 Å². The number of nitrogens with zero attached hydrogens (tertiary/aromatic N) is 2. The van der Waals surface area contributed by atoms with Gasteiger partial charge in [-0.05, 0) is 0 Å². The predicted octanol–water partition coefficient (Wildman–Crippen LogP) is -0.845. The summed E-state index contributed by atoms with van der Waals surface area (Å²) in [4.78, 5) is 0. The van der Waals surface area contributed by atoms with E-state index >= 15 is 0 Å². The summed E-state index contributed by atoms with van der Waals surface area (Å²) in [5.41, 5.74) is 5.02. The molecule has 6 heteroatoms. The maximum absolute atomic E-state index is 11.2. The van der Waals surface area contributed by atoms with E-state index in [4.69, 9.17) is 5.73 Å². The fourth-order valence-corrected chi connectivity index (χ4v) is 1.19. The van der Waals surface area contributed by atoms with Crippen LogP contribution in [0.4, 0.5) is 0 Å². The van der Waals surface area contributed by atoms with Gasteiger partial charge in [0, 0.05) is 33.5 Å². The van der Waals surface area contributed by atoms with Crippen molar-refractivity contribution in [2.75, 3.05) is 21.1 Å². The quantitative estimate of drug-likeness (QED) is 0.614. The Bertz CT molecular complexity index is 232. The molecule has 0 saturated heterocycles. The van der Waals surface area contributed by atoms with Gasteiger partial charge in [-0.15, -0.1) is 0 Å². The van der Waals surface area contributed by atoms with Gasteiger partial charge < -0.3 is 5.73 Å². The lowest BCUT2D eigenvalue weighted by Gasteiger charge is -2.18. The molecule has 0 fully saturated rings. The van der Waals surface area contributed by atoms with Gasteiger partial charge in [-0.25, -0.2) is 0 Å². The van der Waals surface area contributed by atoms with E-state index in [0.717, 1.165) is 8.61 Å². The molecule has 0 heterocycles. The van der Waals surface area contributed by atoms with Crippen LogP contribution in [-0.4, -0.2) is 38.2 Å². The summed E-state index contributed by atoms with van der Waals surface area (Å²) >= 11 is 0. The first-order valence-electron chi connectivity index (χ1n) is 2.96. The van der Waals surface area contributed by atoms with Crippen molar-refractivity contribution in [2.24, 2.45) is 5.73 Å². The largest absolute Gasteiger partial charge is 0.403 e. The standard InChI is InChI=1S/C5H13N3O2S/c1-7(2)11(9,10)8(3)5-4-6/h4-5H,6H2,1-3H3/b5-4-. The molecule has 2 N–H and O–H groups in total. The van der Waals surface area contributed by atoms with Gasteiger partial charge in [0.2, 0.25) is 0 Å². The number of hydrogen-bond donors (Lipinski definition) is 1. The van der Waals surface area contributed by atoms with Gasteiger partial charge in [-0.1, -0.05) is 0 Å². The van der Waals surface area contributed by atoms with Crippen LogP contribution in [-0.2, 0) is 10.2 Å². The van der Waals surface area contributed by atoms with E-state index in [0.29, 0.717) is 0 Å². The first-order chi connectivity index (χ1) is 4.92. The summed E-state index contributed by atoms with van der Waals surface area (Å²) in [6.07, 6.45) is 2.44. The third kappa shape index (κ3) is 2.39. The Kier molecular flexibility index (Phi) is 3.34. The second kappa shape index (κ2) is 3.59. The van der Waals surface area contributed by atoms with Crippen LogP contribution in [0.1, 0.15) is 0 Å². The van der Waals surface area contributed by atoms with E-state index in [1.807, 2.05) is 0 Å². The van der Waals surface area contributed by atoms with Crippen LogP contribution in [0, 0.1) is 0 Å². The van der Waals surface area contributed by atoms with Crippen LogP contribution >= 0.6 is 0 Å². The van der Waals surface area contributed by atoms with E-state index in [1.165, 1.54) is 33.5 Å². The third-order valence-electron chi connectivity index (χ3n) is 1.12. The lowest BCUT2D eigenvalue weighted by atomic mass is 10.9. The second-order valence-electron chi connectivity index (χ2n) is 2.15. The Morgan fingerprint density at radius 2 is 1.73 bits per heavy atom. The van der Waals surface area contributed by atoms with Gasteiger partial charge in [0.25, 0.3) is 0 Å². The van der Waals surface area contributed by atoms with Gasteiger partial charge in [-0.2, -0.15) is 12.7 Å². The third-order valence-corrected chi connectivity index (χ3v) is 2.89. The molecule has 0 unspecified atom stereocenters. The Morgan fingerprint density at radius 1 is 1.27 bits per heavy atom. The summed E-state index contributed by atoms with van der Waals surface area (Å²) < 4.78 is 24.5. The number of hydrogen-bond acceptors (Lipinski definition) is 3. The van der Waals surface area contributed by atoms with Crippen LogP contribution < -0.4 is 5.73 Å². The highest BCUT2D eigenvalue weighted by Crippen LogP contribution is 1.99. The average Bonchev–Trinajstić information content (AvgIpc) is 1.88. The summed E-state index contributed by atoms with van der Waals surface area (Å²) in [7, 11) is 0.985. The molecule has 0 amide bonds. The minimum absolute atomic E-state index is 1.03. The summed E-state index contributed by atoms with van der Waals surface area (Å²) in [6.45, 7) is 0. The fraction of sp³-hybridized carbons (Fsp3) is 0.600. The van der Waals surface area contributed by atoms with Gasteiger partial charge in [0.1, 0.15) is 0 Å². The molecule has 0 rings (SSSR count). The molecular formula is C5H13N3O2S. The molecule has 0 aliphatic heterocycles. The van der Waals surface area contributed by atoms with E-state index in [-0.39, 0.29) is 0 Å². The summed E-state index contributed by atoms with van der Waals surface area (Å²) in [5.74, 6) is 0. The van der Waals surface area contributed by atoms with Crippen molar-refractivity contribution in [1.29, 1.82) is 0 Å². The molecule has 5 nitrogen and oxygen atoms in total. The minimum atomic E-state index is -3.34. The minimum Gasteiger partial charge on any atom is -0.403 e. The predicted molar refractivity (Wildman–Crippen MR) is 43.7 cm³/mol. The zero-order valence-corrected chi connectivity index (χ0v) is 7.67. The Morgan fingerprint density at radius 3 is 2.00 bits per heavy atom. The van der Waals surface area contributed by atoms with Crippen LogP contribution in [0.3, 0.4) is 0 Å². The van der Waals surface area contributed by atoms with Crippen LogP contribution in [0.15, 0.2) is 12.4 Å². The molecule has 0 atom stereocenters. The normalized spacial score (nSPS) is 12.7. The number of rotatable bonds is 3. The van der Waals surface area contributed by atoms with Crippen LogP contribution in [0.5, 0.6) is 0 Å². The van der Waals surface area contributed by atoms with E-state index < -0.39 is 10.2 Å². The second-order valence-corrected chi connectivity index (χ2v) is 4.35. The molecule has 0 saturated carbocycles. The highest BCUT2D eigenvalue weighted by atomic mass is 32.2. The topological polar surface area (TPSA) is 66.6 Å². The molecular weight excluding hydrogens is 166 g/mol. The van der Waals surface area contributed by atoms with Crippen LogP contribution in [0.25, 0.3) is 0 Å². The van der Waals surface area contributed by atoms with Crippen molar-refractivity contribution < 1.29 is 8.42 Å². The molecule has 0 aromatic heterocycles. The van der Waals surface area contributed by atoms with Gasteiger partial charge in [-0.3, -0.25) is 4.31 Å². The van der Waals surface area contributed by atoms with Crippen molar-refractivity contribution in [3.05, 3.63) is 12.4 Å². The summed E-state index contributed by atoms with van der Waals surface area (Å²) in [6, 6.07) is 0. The molecule has 0 radical (unpaired) electrons. The van der Waals surface area contributed by atoms with Gasteiger partial charge >= 0.3 is 10.2 Å². The average molecular weight is 179 g/mol. The lowest BCUT2D eigenvalue weighted by molar-refractivity contribution is 0.466. The molecule has 0 aliphatic rings. The Labute approximate surface area is 67.3 Å². The van der Waals surface area contributed by atoms with E-state index in [9.17, 15) is 8.42 Å². The van der Waals surface area contributed by atoms with Crippen molar-refractivity contribution in [1.82, 2.24) is 8.61 Å². The number of nitrogens with two attached hydrogens (primary N) is 1.